The number of hydrogen-bond donors (Lipinski definition) is 1. The zero-order valence-electron chi connectivity index (χ0n) is 12.2. The Balaban J connectivity index is 1.84. The molecule has 0 fully saturated rings. The molecular formula is C19H13ClN2O. The third-order valence-corrected chi connectivity index (χ3v) is 4.11. The van der Waals surface area contributed by atoms with Gasteiger partial charge in [0.15, 0.2) is 0 Å². The zero-order chi connectivity index (χ0) is 15.8. The van der Waals surface area contributed by atoms with Crippen molar-refractivity contribution in [2.45, 2.75) is 0 Å². The Morgan fingerprint density at radius 1 is 0.826 bits per heavy atom. The summed E-state index contributed by atoms with van der Waals surface area (Å²) in [5, 5.41) is 0.603. The second-order valence-electron chi connectivity index (χ2n) is 5.34. The maximum Gasteiger partial charge on any atom is 0.331 e. The van der Waals surface area contributed by atoms with Crippen LogP contribution in [0.2, 0.25) is 5.02 Å². The monoisotopic (exact) mass is 320 g/mol. The van der Waals surface area contributed by atoms with Gasteiger partial charge in [-0.25, -0.2) is 4.79 Å². The van der Waals surface area contributed by atoms with E-state index in [-0.39, 0.29) is 5.69 Å². The number of benzene rings is 3. The van der Waals surface area contributed by atoms with Gasteiger partial charge in [-0.1, -0.05) is 54.1 Å². The number of aromatic amines is 1. The summed E-state index contributed by atoms with van der Waals surface area (Å²) in [4.78, 5) is 15.1. The van der Waals surface area contributed by atoms with Crippen molar-refractivity contribution >= 4 is 22.6 Å². The molecule has 0 aliphatic heterocycles. The lowest BCUT2D eigenvalue weighted by atomic mass is 10.1. The van der Waals surface area contributed by atoms with Crippen LogP contribution in [0.25, 0.3) is 27.8 Å². The van der Waals surface area contributed by atoms with E-state index in [1.807, 2.05) is 48.5 Å². The highest BCUT2D eigenvalue weighted by atomic mass is 35.5. The molecule has 0 saturated carbocycles. The molecule has 0 atom stereocenters. The normalized spacial score (nSPS) is 11.0. The van der Waals surface area contributed by atoms with Gasteiger partial charge in [0, 0.05) is 5.02 Å². The molecule has 3 aromatic carbocycles. The molecular weight excluding hydrogens is 308 g/mol. The Hall–Kier alpha value is -2.78. The van der Waals surface area contributed by atoms with Crippen LogP contribution in [-0.2, 0) is 0 Å². The van der Waals surface area contributed by atoms with Crippen LogP contribution < -0.4 is 5.69 Å². The molecule has 112 valence electrons. The van der Waals surface area contributed by atoms with Gasteiger partial charge in [-0.15, -0.1) is 0 Å². The maximum atomic E-state index is 12.3. The molecule has 3 nitrogen and oxygen atoms in total. The first-order chi connectivity index (χ1) is 11.2. The van der Waals surface area contributed by atoms with Crippen molar-refractivity contribution in [3.8, 4) is 16.8 Å². The van der Waals surface area contributed by atoms with E-state index in [0.29, 0.717) is 5.02 Å². The fourth-order valence-corrected chi connectivity index (χ4v) is 2.93. The number of fused-ring (bicyclic) bond motifs is 1. The summed E-state index contributed by atoms with van der Waals surface area (Å²) in [6.07, 6.45) is 0. The van der Waals surface area contributed by atoms with Crippen molar-refractivity contribution in [1.82, 2.24) is 9.55 Å². The molecule has 4 aromatic rings. The summed E-state index contributed by atoms with van der Waals surface area (Å²) < 4.78 is 1.63. The Morgan fingerprint density at radius 3 is 2.26 bits per heavy atom. The molecule has 0 radical (unpaired) electrons. The van der Waals surface area contributed by atoms with E-state index in [0.717, 1.165) is 27.8 Å². The molecule has 1 N–H and O–H groups in total. The van der Waals surface area contributed by atoms with E-state index in [1.54, 1.807) is 16.7 Å². The summed E-state index contributed by atoms with van der Waals surface area (Å²) in [7, 11) is 0. The predicted octanol–water partition coefficient (Wildman–Crippen LogP) is 4.64. The van der Waals surface area contributed by atoms with Crippen LogP contribution in [-0.4, -0.2) is 9.55 Å². The fourth-order valence-electron chi connectivity index (χ4n) is 2.77. The Labute approximate surface area is 137 Å². The molecule has 1 aromatic heterocycles. The first-order valence-corrected chi connectivity index (χ1v) is 7.66. The molecule has 0 unspecified atom stereocenters. The molecule has 23 heavy (non-hydrogen) atoms. The standard InChI is InChI=1S/C19H13ClN2O/c20-15-8-11-17-18(12-15)22(19(23)21-17)16-9-6-14(7-10-16)13-4-2-1-3-5-13/h1-12H,(H,21,23). The van der Waals surface area contributed by atoms with E-state index in [4.69, 9.17) is 11.6 Å². The summed E-state index contributed by atoms with van der Waals surface area (Å²) >= 11 is 6.06. The number of nitrogens with zero attached hydrogens (tertiary/aromatic N) is 1. The predicted molar refractivity (Wildman–Crippen MR) is 94.3 cm³/mol. The van der Waals surface area contributed by atoms with Crippen molar-refractivity contribution < 1.29 is 0 Å². The van der Waals surface area contributed by atoms with Gasteiger partial charge in [-0.3, -0.25) is 4.57 Å². The molecule has 0 saturated heterocycles. The lowest BCUT2D eigenvalue weighted by molar-refractivity contribution is 1.02. The van der Waals surface area contributed by atoms with Crippen LogP contribution in [0.3, 0.4) is 0 Å². The first-order valence-electron chi connectivity index (χ1n) is 7.28. The second kappa shape index (κ2) is 5.45. The summed E-state index contributed by atoms with van der Waals surface area (Å²) in [6.45, 7) is 0. The van der Waals surface area contributed by atoms with E-state index in [2.05, 4.69) is 17.1 Å². The highest BCUT2D eigenvalue weighted by Crippen LogP contribution is 2.23. The van der Waals surface area contributed by atoms with Gasteiger partial charge in [0.1, 0.15) is 0 Å². The molecule has 4 rings (SSSR count). The molecule has 0 amide bonds. The van der Waals surface area contributed by atoms with Gasteiger partial charge in [0.25, 0.3) is 0 Å². The number of nitrogens with one attached hydrogen (secondary N) is 1. The van der Waals surface area contributed by atoms with Crippen LogP contribution in [0.5, 0.6) is 0 Å². The third kappa shape index (κ3) is 2.45. The number of H-pyrrole nitrogens is 1. The Bertz CT molecular complexity index is 1030. The number of hydrogen-bond acceptors (Lipinski definition) is 1. The van der Waals surface area contributed by atoms with Gasteiger partial charge in [0.2, 0.25) is 0 Å². The third-order valence-electron chi connectivity index (χ3n) is 3.88. The first kappa shape index (κ1) is 13.9. The van der Waals surface area contributed by atoms with Gasteiger partial charge < -0.3 is 4.98 Å². The zero-order valence-corrected chi connectivity index (χ0v) is 12.9. The summed E-state index contributed by atoms with van der Waals surface area (Å²) in [6, 6.07) is 23.4. The quantitative estimate of drug-likeness (QED) is 0.574. The van der Waals surface area contributed by atoms with Crippen molar-refractivity contribution in [1.29, 1.82) is 0 Å². The van der Waals surface area contributed by atoms with Crippen molar-refractivity contribution in [2.75, 3.05) is 0 Å². The molecule has 0 spiro atoms. The average Bonchev–Trinajstić information content (AvgIpc) is 2.91. The lowest BCUT2D eigenvalue weighted by Gasteiger charge is -2.06. The number of halogens is 1. The van der Waals surface area contributed by atoms with Crippen molar-refractivity contribution in [3.05, 3.63) is 88.3 Å². The van der Waals surface area contributed by atoms with Gasteiger partial charge in [-0.2, -0.15) is 0 Å². The van der Waals surface area contributed by atoms with Crippen molar-refractivity contribution in [3.63, 3.8) is 0 Å². The number of imidazole rings is 1. The van der Waals surface area contributed by atoms with Gasteiger partial charge in [0.05, 0.1) is 16.7 Å². The van der Waals surface area contributed by atoms with E-state index < -0.39 is 0 Å². The number of rotatable bonds is 2. The Morgan fingerprint density at radius 2 is 1.52 bits per heavy atom. The molecule has 0 aliphatic rings. The minimum atomic E-state index is -0.172. The molecule has 0 aliphatic carbocycles. The minimum absolute atomic E-state index is 0.172. The van der Waals surface area contributed by atoms with E-state index in [1.165, 1.54) is 0 Å². The summed E-state index contributed by atoms with van der Waals surface area (Å²) in [5.74, 6) is 0. The second-order valence-corrected chi connectivity index (χ2v) is 5.78. The topological polar surface area (TPSA) is 37.8 Å². The van der Waals surface area contributed by atoms with E-state index >= 15 is 0 Å². The van der Waals surface area contributed by atoms with Crippen LogP contribution in [0, 0.1) is 0 Å². The van der Waals surface area contributed by atoms with Crippen LogP contribution in [0.1, 0.15) is 0 Å². The van der Waals surface area contributed by atoms with Crippen LogP contribution in [0.15, 0.2) is 77.6 Å². The highest BCUT2D eigenvalue weighted by molar-refractivity contribution is 6.31. The number of aromatic nitrogens is 2. The lowest BCUT2D eigenvalue weighted by Crippen LogP contribution is -2.14. The fraction of sp³-hybridized carbons (Fsp3) is 0. The summed E-state index contributed by atoms with van der Waals surface area (Å²) in [5.41, 5.74) is 4.44. The van der Waals surface area contributed by atoms with Crippen LogP contribution >= 0.6 is 11.6 Å². The average molecular weight is 321 g/mol. The molecule has 0 bridgehead atoms. The van der Waals surface area contributed by atoms with E-state index in [9.17, 15) is 4.79 Å². The molecule has 4 heteroatoms. The van der Waals surface area contributed by atoms with Gasteiger partial charge >= 0.3 is 5.69 Å². The minimum Gasteiger partial charge on any atom is -0.305 e. The highest BCUT2D eigenvalue weighted by Gasteiger charge is 2.09. The van der Waals surface area contributed by atoms with Gasteiger partial charge in [-0.05, 0) is 41.5 Å². The smallest absolute Gasteiger partial charge is 0.305 e. The maximum absolute atomic E-state index is 12.3. The SMILES string of the molecule is O=c1[nH]c2ccc(Cl)cc2n1-c1ccc(-c2ccccc2)cc1. The van der Waals surface area contributed by atoms with Crippen molar-refractivity contribution in [2.24, 2.45) is 0 Å². The Kier molecular flexibility index (Phi) is 3.28. The van der Waals surface area contributed by atoms with Crippen LogP contribution in [0.4, 0.5) is 0 Å². The molecule has 1 heterocycles. The largest absolute Gasteiger partial charge is 0.331 e.